The van der Waals surface area contributed by atoms with Crippen molar-refractivity contribution in [1.29, 1.82) is 0 Å². The van der Waals surface area contributed by atoms with Crippen LogP contribution in [0.1, 0.15) is 6.42 Å². The highest BCUT2D eigenvalue weighted by Gasteiger charge is 2.31. The molecule has 0 aliphatic carbocycles. The van der Waals surface area contributed by atoms with Gasteiger partial charge in [-0.15, -0.1) is 0 Å². The molecule has 0 aromatic rings. The molecule has 1 N–H and O–H groups in total. The second-order valence-electron chi connectivity index (χ2n) is 2.41. The third kappa shape index (κ3) is 1.51. The van der Waals surface area contributed by atoms with Crippen molar-refractivity contribution in [2.45, 2.75) is 24.6 Å². The molecule has 3 atom stereocenters. The molecule has 1 heterocycles. The average Bonchev–Trinajstić information content (AvgIpc) is 2.30. The van der Waals surface area contributed by atoms with E-state index in [0.717, 1.165) is 0 Å². The zero-order valence-electron chi connectivity index (χ0n) is 5.99. The molecule has 1 rings (SSSR count). The molecule has 10 heavy (non-hydrogen) atoms. The number of aliphatic hydroxyl groups is 1. The van der Waals surface area contributed by atoms with E-state index in [1.54, 1.807) is 7.11 Å². The van der Waals surface area contributed by atoms with E-state index in [-0.39, 0.29) is 24.8 Å². The summed E-state index contributed by atoms with van der Waals surface area (Å²) < 4.78 is 10.1. The van der Waals surface area contributed by atoms with Crippen molar-refractivity contribution in [3.63, 3.8) is 0 Å². The molecule has 0 saturated carbocycles. The Kier molecular flexibility index (Phi) is 2.71. The normalized spacial score (nSPS) is 40.4. The molecule has 0 aromatic carbocycles. The van der Waals surface area contributed by atoms with Gasteiger partial charge in [-0.3, -0.25) is 0 Å². The Labute approximate surface area is 61.7 Å². The molecule has 1 aliphatic rings. The molecule has 1 saturated heterocycles. The minimum absolute atomic E-state index is 0.0216. The molecule has 0 amide bonds. The maximum Gasteiger partial charge on any atom is 0.109 e. The number of rotatable bonds is 2. The standard InChI is InChI=1S/C6H11BO3/c1-9-4-2-6(7)10-5(4)3-8/h4-6,8H,2-3H2,1H3/t4?,5-,6?/m1/s1. The fourth-order valence-electron chi connectivity index (χ4n) is 1.16. The summed E-state index contributed by atoms with van der Waals surface area (Å²) in [4.78, 5) is 0. The molecule has 0 bridgehead atoms. The maximum atomic E-state index is 8.72. The average molecular weight is 142 g/mol. The molecule has 4 heteroatoms. The van der Waals surface area contributed by atoms with E-state index in [1.807, 2.05) is 0 Å². The van der Waals surface area contributed by atoms with Gasteiger partial charge in [0.25, 0.3) is 0 Å². The largest absolute Gasteiger partial charge is 0.394 e. The van der Waals surface area contributed by atoms with Crippen molar-refractivity contribution in [3.8, 4) is 0 Å². The quantitative estimate of drug-likeness (QED) is 0.517. The lowest BCUT2D eigenvalue weighted by Crippen LogP contribution is -2.26. The lowest BCUT2D eigenvalue weighted by atomic mass is 9.96. The topological polar surface area (TPSA) is 38.7 Å². The van der Waals surface area contributed by atoms with Gasteiger partial charge in [-0.25, -0.2) is 0 Å². The molecule has 1 fully saturated rings. The van der Waals surface area contributed by atoms with Crippen LogP contribution >= 0.6 is 0 Å². The van der Waals surface area contributed by atoms with Crippen LogP contribution in [0.3, 0.4) is 0 Å². The molecule has 2 radical (unpaired) electrons. The summed E-state index contributed by atoms with van der Waals surface area (Å²) in [7, 11) is 7.05. The van der Waals surface area contributed by atoms with Gasteiger partial charge in [0.05, 0.1) is 12.7 Å². The van der Waals surface area contributed by atoms with Gasteiger partial charge in [-0.2, -0.15) is 0 Å². The molecule has 0 aromatic heterocycles. The van der Waals surface area contributed by atoms with Crippen LogP contribution in [-0.2, 0) is 9.47 Å². The summed E-state index contributed by atoms with van der Waals surface area (Å²) in [5.41, 5.74) is 0. The highest BCUT2D eigenvalue weighted by atomic mass is 16.6. The summed E-state index contributed by atoms with van der Waals surface area (Å²) >= 11 is 0. The van der Waals surface area contributed by atoms with E-state index in [1.165, 1.54) is 0 Å². The van der Waals surface area contributed by atoms with E-state index >= 15 is 0 Å². The number of methoxy groups -OCH3 is 1. The first-order valence-electron chi connectivity index (χ1n) is 3.32. The van der Waals surface area contributed by atoms with Crippen molar-refractivity contribution in [1.82, 2.24) is 0 Å². The molecule has 3 nitrogen and oxygen atoms in total. The van der Waals surface area contributed by atoms with Gasteiger partial charge < -0.3 is 14.6 Å². The molecule has 2 unspecified atom stereocenters. The first-order valence-corrected chi connectivity index (χ1v) is 3.32. The van der Waals surface area contributed by atoms with Gasteiger partial charge in [0, 0.05) is 13.1 Å². The second-order valence-corrected chi connectivity index (χ2v) is 2.41. The Bertz CT molecular complexity index is 97.2. The Balaban J connectivity index is 2.41. The van der Waals surface area contributed by atoms with E-state index < -0.39 is 0 Å². The number of hydrogen-bond acceptors (Lipinski definition) is 3. The fourth-order valence-corrected chi connectivity index (χ4v) is 1.16. The SMILES string of the molecule is [B]C1CC(OC)[C@@H](CO)O1. The van der Waals surface area contributed by atoms with Crippen LogP contribution in [0.4, 0.5) is 0 Å². The van der Waals surface area contributed by atoms with Gasteiger partial charge >= 0.3 is 0 Å². The summed E-state index contributed by atoms with van der Waals surface area (Å²) in [6.07, 6.45) is 0.391. The second kappa shape index (κ2) is 3.37. The predicted molar refractivity (Wildman–Crippen MR) is 36.9 cm³/mol. The van der Waals surface area contributed by atoms with E-state index in [4.69, 9.17) is 22.4 Å². The highest BCUT2D eigenvalue weighted by molar-refractivity contribution is 6.11. The van der Waals surface area contributed by atoms with Crippen LogP contribution < -0.4 is 0 Å². The monoisotopic (exact) mass is 142 g/mol. The van der Waals surface area contributed by atoms with Crippen LogP contribution in [0.15, 0.2) is 0 Å². The Hall–Kier alpha value is -0.0551. The Morgan fingerprint density at radius 1 is 1.80 bits per heavy atom. The third-order valence-electron chi connectivity index (χ3n) is 1.71. The summed E-state index contributed by atoms with van der Waals surface area (Å²) in [6.45, 7) is -0.0216. The first kappa shape index (κ1) is 8.05. The van der Waals surface area contributed by atoms with E-state index in [0.29, 0.717) is 6.42 Å². The highest BCUT2D eigenvalue weighted by Crippen LogP contribution is 2.19. The van der Waals surface area contributed by atoms with E-state index in [2.05, 4.69) is 0 Å². The smallest absolute Gasteiger partial charge is 0.109 e. The Morgan fingerprint density at radius 3 is 2.90 bits per heavy atom. The molecular formula is C6H11BO3. The minimum Gasteiger partial charge on any atom is -0.394 e. The third-order valence-corrected chi connectivity index (χ3v) is 1.71. The van der Waals surface area contributed by atoms with Crippen LogP contribution in [0.5, 0.6) is 0 Å². The van der Waals surface area contributed by atoms with Gasteiger partial charge in [0.1, 0.15) is 14.0 Å². The lowest BCUT2D eigenvalue weighted by Gasteiger charge is -2.13. The van der Waals surface area contributed by atoms with E-state index in [9.17, 15) is 0 Å². The number of ether oxygens (including phenoxy) is 2. The predicted octanol–water partition coefficient (Wildman–Crippen LogP) is -0.723. The molecular weight excluding hydrogens is 131 g/mol. The van der Waals surface area contributed by atoms with Crippen LogP contribution in [0.25, 0.3) is 0 Å². The van der Waals surface area contributed by atoms with Crippen LogP contribution in [0.2, 0.25) is 0 Å². The van der Waals surface area contributed by atoms with Crippen LogP contribution in [0, 0.1) is 0 Å². The summed E-state index contributed by atoms with van der Waals surface area (Å²) in [5, 5.41) is 8.72. The van der Waals surface area contributed by atoms with Crippen molar-refractivity contribution < 1.29 is 14.6 Å². The van der Waals surface area contributed by atoms with Gasteiger partial charge in [-0.05, 0) is 6.42 Å². The van der Waals surface area contributed by atoms with Gasteiger partial charge in [-0.1, -0.05) is 0 Å². The molecule has 0 spiro atoms. The zero-order valence-corrected chi connectivity index (χ0v) is 5.99. The summed E-state index contributed by atoms with van der Waals surface area (Å²) in [5.74, 6) is 0. The van der Waals surface area contributed by atoms with Crippen molar-refractivity contribution >= 4 is 7.85 Å². The Morgan fingerprint density at radius 2 is 2.50 bits per heavy atom. The lowest BCUT2D eigenvalue weighted by molar-refractivity contribution is -0.0205. The van der Waals surface area contributed by atoms with Gasteiger partial charge in [0.2, 0.25) is 0 Å². The number of hydrogen-bond donors (Lipinski definition) is 1. The molecule has 1 aliphatic heterocycles. The summed E-state index contributed by atoms with van der Waals surface area (Å²) in [6, 6.07) is -0.276. The van der Waals surface area contributed by atoms with Gasteiger partial charge in [0.15, 0.2) is 0 Å². The van der Waals surface area contributed by atoms with Crippen LogP contribution in [-0.4, -0.2) is 44.9 Å². The van der Waals surface area contributed by atoms with Crippen molar-refractivity contribution in [2.24, 2.45) is 0 Å². The van der Waals surface area contributed by atoms with Crippen molar-refractivity contribution in [2.75, 3.05) is 13.7 Å². The zero-order chi connectivity index (χ0) is 7.56. The number of aliphatic hydroxyl groups excluding tert-OH is 1. The fraction of sp³-hybridized carbons (Fsp3) is 1.00. The first-order chi connectivity index (χ1) is 4.77. The minimum atomic E-state index is -0.276. The van der Waals surface area contributed by atoms with Crippen molar-refractivity contribution in [3.05, 3.63) is 0 Å². The molecule has 56 valence electrons. The maximum absolute atomic E-state index is 8.72.